The minimum atomic E-state index is -0.947. The maximum Gasteiger partial charge on any atom is 0.305 e. The van der Waals surface area contributed by atoms with Gasteiger partial charge in [-0.3, -0.25) is 9.59 Å². The summed E-state index contributed by atoms with van der Waals surface area (Å²) < 4.78 is 13.7. The van der Waals surface area contributed by atoms with E-state index in [0.717, 1.165) is 18.9 Å². The van der Waals surface area contributed by atoms with Crippen molar-refractivity contribution >= 4 is 27.8 Å². The zero-order valence-corrected chi connectivity index (χ0v) is 11.6. The van der Waals surface area contributed by atoms with Gasteiger partial charge in [0, 0.05) is 16.1 Å². The number of hydrogen-bond donors (Lipinski definition) is 2. The van der Waals surface area contributed by atoms with Crippen LogP contribution in [0.15, 0.2) is 22.7 Å². The van der Waals surface area contributed by atoms with Gasteiger partial charge in [-0.2, -0.15) is 0 Å². The van der Waals surface area contributed by atoms with Gasteiger partial charge in [0.1, 0.15) is 5.82 Å². The van der Waals surface area contributed by atoms with Crippen molar-refractivity contribution in [3.05, 3.63) is 34.1 Å². The number of aliphatic carboxylic acids is 1. The second kappa shape index (κ2) is 5.69. The minimum absolute atomic E-state index is 0.104. The summed E-state index contributed by atoms with van der Waals surface area (Å²) in [4.78, 5) is 22.7. The molecule has 102 valence electrons. The smallest absolute Gasteiger partial charge is 0.305 e. The molecule has 0 aliphatic heterocycles. The van der Waals surface area contributed by atoms with Crippen molar-refractivity contribution in [1.29, 1.82) is 0 Å². The highest BCUT2D eigenvalue weighted by Gasteiger charge is 2.33. The number of nitrogens with one attached hydrogen (secondary N) is 1. The van der Waals surface area contributed by atoms with Crippen LogP contribution < -0.4 is 5.32 Å². The molecular weight excluding hydrogens is 317 g/mol. The number of carboxylic acids is 1. The fraction of sp³-hybridized carbons (Fsp3) is 0.385. The van der Waals surface area contributed by atoms with E-state index in [2.05, 4.69) is 21.2 Å². The SMILES string of the molecule is O=C(O)CC(NC(=O)c1cc(F)cc(Br)c1)C1CC1. The lowest BCUT2D eigenvalue weighted by atomic mass is 10.1. The van der Waals surface area contributed by atoms with Crippen molar-refractivity contribution in [1.82, 2.24) is 5.32 Å². The molecule has 0 aromatic heterocycles. The summed E-state index contributed by atoms with van der Waals surface area (Å²) in [6.45, 7) is 0. The summed E-state index contributed by atoms with van der Waals surface area (Å²) >= 11 is 3.11. The molecule has 0 bridgehead atoms. The number of halogens is 2. The van der Waals surface area contributed by atoms with Crippen LogP contribution in [0.5, 0.6) is 0 Å². The summed E-state index contributed by atoms with van der Waals surface area (Å²) in [5.74, 6) is -1.69. The molecular formula is C13H13BrFNO3. The first-order valence-corrected chi connectivity index (χ1v) is 6.74. The normalized spacial score (nSPS) is 15.9. The maximum atomic E-state index is 13.2. The molecule has 0 heterocycles. The molecule has 1 saturated carbocycles. The zero-order chi connectivity index (χ0) is 14.0. The molecule has 1 aromatic rings. The molecule has 1 aromatic carbocycles. The predicted molar refractivity (Wildman–Crippen MR) is 70.3 cm³/mol. The lowest BCUT2D eigenvalue weighted by Gasteiger charge is -2.16. The van der Waals surface area contributed by atoms with Crippen LogP contribution in [-0.2, 0) is 4.79 Å². The molecule has 1 atom stereocenters. The highest BCUT2D eigenvalue weighted by atomic mass is 79.9. The molecule has 1 fully saturated rings. The van der Waals surface area contributed by atoms with Crippen molar-refractivity contribution in [2.75, 3.05) is 0 Å². The molecule has 1 aliphatic rings. The van der Waals surface area contributed by atoms with Crippen molar-refractivity contribution in [2.24, 2.45) is 5.92 Å². The van der Waals surface area contributed by atoms with E-state index in [1.165, 1.54) is 12.1 Å². The van der Waals surface area contributed by atoms with Gasteiger partial charge in [-0.05, 0) is 37.0 Å². The van der Waals surface area contributed by atoms with E-state index in [1.807, 2.05) is 0 Å². The molecule has 0 saturated heterocycles. The Bertz CT molecular complexity index is 496. The Labute approximate surface area is 118 Å². The summed E-state index contributed by atoms with van der Waals surface area (Å²) in [6, 6.07) is 3.51. The quantitative estimate of drug-likeness (QED) is 0.872. The molecule has 4 nitrogen and oxygen atoms in total. The van der Waals surface area contributed by atoms with Gasteiger partial charge in [0.15, 0.2) is 0 Å². The summed E-state index contributed by atoms with van der Waals surface area (Å²) in [5.41, 5.74) is 0.183. The van der Waals surface area contributed by atoms with E-state index < -0.39 is 17.7 Å². The van der Waals surface area contributed by atoms with Crippen LogP contribution in [0.1, 0.15) is 29.6 Å². The average Bonchev–Trinajstić information content (AvgIpc) is 3.09. The summed E-state index contributed by atoms with van der Waals surface area (Å²) in [6.07, 6.45) is 1.74. The Morgan fingerprint density at radius 2 is 2.11 bits per heavy atom. The number of carbonyl (C=O) groups is 2. The Kier molecular flexibility index (Phi) is 4.19. The Morgan fingerprint density at radius 1 is 1.42 bits per heavy atom. The number of carbonyl (C=O) groups excluding carboxylic acids is 1. The predicted octanol–water partition coefficient (Wildman–Crippen LogP) is 2.57. The molecule has 1 amide bonds. The molecule has 2 N–H and O–H groups in total. The Balaban J connectivity index is 2.07. The second-order valence-corrected chi connectivity index (χ2v) is 5.59. The van der Waals surface area contributed by atoms with Crippen LogP contribution in [0.3, 0.4) is 0 Å². The van der Waals surface area contributed by atoms with Crippen molar-refractivity contribution in [2.45, 2.75) is 25.3 Å². The third-order valence-corrected chi connectivity index (χ3v) is 3.48. The van der Waals surface area contributed by atoms with Gasteiger partial charge in [-0.1, -0.05) is 15.9 Å². The maximum absolute atomic E-state index is 13.2. The highest BCUT2D eigenvalue weighted by molar-refractivity contribution is 9.10. The van der Waals surface area contributed by atoms with E-state index in [4.69, 9.17) is 5.11 Å². The highest BCUT2D eigenvalue weighted by Crippen LogP contribution is 2.34. The number of amides is 1. The summed E-state index contributed by atoms with van der Waals surface area (Å²) in [5, 5.41) is 11.5. The lowest BCUT2D eigenvalue weighted by molar-refractivity contribution is -0.137. The van der Waals surface area contributed by atoms with Gasteiger partial charge >= 0.3 is 5.97 Å². The van der Waals surface area contributed by atoms with Gasteiger partial charge in [-0.25, -0.2) is 4.39 Å². The zero-order valence-electron chi connectivity index (χ0n) is 10.0. The topological polar surface area (TPSA) is 66.4 Å². The largest absolute Gasteiger partial charge is 0.481 e. The molecule has 19 heavy (non-hydrogen) atoms. The van der Waals surface area contributed by atoms with Crippen LogP contribution in [0.2, 0.25) is 0 Å². The van der Waals surface area contributed by atoms with Crippen molar-refractivity contribution in [3.63, 3.8) is 0 Å². The van der Waals surface area contributed by atoms with Gasteiger partial charge in [-0.15, -0.1) is 0 Å². The standard InChI is InChI=1S/C13H13BrFNO3/c14-9-3-8(4-10(15)5-9)13(19)16-11(6-12(17)18)7-1-2-7/h3-5,7,11H,1-2,6H2,(H,16,19)(H,17,18). The first kappa shape index (κ1) is 14.0. The van der Waals surface area contributed by atoms with Gasteiger partial charge < -0.3 is 10.4 Å². The van der Waals surface area contributed by atoms with E-state index in [0.29, 0.717) is 4.47 Å². The van der Waals surface area contributed by atoms with E-state index in [-0.39, 0.29) is 23.9 Å². The third-order valence-electron chi connectivity index (χ3n) is 3.03. The fourth-order valence-electron chi connectivity index (χ4n) is 1.96. The summed E-state index contributed by atoms with van der Waals surface area (Å²) in [7, 11) is 0. The third kappa shape index (κ3) is 4.02. The van der Waals surface area contributed by atoms with Crippen LogP contribution in [0.25, 0.3) is 0 Å². The number of benzene rings is 1. The molecule has 0 radical (unpaired) electrons. The van der Waals surface area contributed by atoms with Gasteiger partial charge in [0.2, 0.25) is 0 Å². The number of rotatable bonds is 5. The molecule has 2 rings (SSSR count). The fourth-order valence-corrected chi connectivity index (χ4v) is 2.42. The van der Waals surface area contributed by atoms with E-state index >= 15 is 0 Å². The first-order chi connectivity index (χ1) is 8.95. The van der Waals surface area contributed by atoms with Crippen LogP contribution in [0.4, 0.5) is 4.39 Å². The van der Waals surface area contributed by atoms with Crippen molar-refractivity contribution < 1.29 is 19.1 Å². The van der Waals surface area contributed by atoms with Crippen molar-refractivity contribution in [3.8, 4) is 0 Å². The lowest BCUT2D eigenvalue weighted by Crippen LogP contribution is -2.38. The average molecular weight is 330 g/mol. The van der Waals surface area contributed by atoms with E-state index in [1.54, 1.807) is 0 Å². The molecule has 1 aliphatic carbocycles. The Morgan fingerprint density at radius 3 is 2.63 bits per heavy atom. The van der Waals surface area contributed by atoms with Gasteiger partial charge in [0.25, 0.3) is 5.91 Å². The van der Waals surface area contributed by atoms with Gasteiger partial charge in [0.05, 0.1) is 6.42 Å². The second-order valence-electron chi connectivity index (χ2n) is 4.67. The Hall–Kier alpha value is -1.43. The number of hydrogen-bond acceptors (Lipinski definition) is 2. The van der Waals surface area contributed by atoms with Crippen LogP contribution >= 0.6 is 15.9 Å². The first-order valence-electron chi connectivity index (χ1n) is 5.94. The monoisotopic (exact) mass is 329 g/mol. The van der Waals surface area contributed by atoms with Crippen LogP contribution in [0, 0.1) is 11.7 Å². The number of carboxylic acid groups (broad SMARTS) is 1. The minimum Gasteiger partial charge on any atom is -0.481 e. The van der Waals surface area contributed by atoms with Crippen LogP contribution in [-0.4, -0.2) is 23.0 Å². The molecule has 0 spiro atoms. The van der Waals surface area contributed by atoms with E-state index in [9.17, 15) is 14.0 Å². The molecule has 6 heteroatoms. The molecule has 1 unspecified atom stereocenters.